The summed E-state index contributed by atoms with van der Waals surface area (Å²) in [5, 5.41) is 0. The lowest BCUT2D eigenvalue weighted by atomic mass is 10.4. The Morgan fingerprint density at radius 1 is 1.46 bits per heavy atom. The van der Waals surface area contributed by atoms with E-state index in [1.54, 1.807) is 12.4 Å². The second-order valence-corrected chi connectivity index (χ2v) is 4.60. The number of hydrogen-bond donors (Lipinski definition) is 0. The highest BCUT2D eigenvalue weighted by atomic mass is 32.2. The third kappa shape index (κ3) is 2.03. The summed E-state index contributed by atoms with van der Waals surface area (Å²) in [6.07, 6.45) is 3.46. The molecule has 0 aliphatic carbocycles. The van der Waals surface area contributed by atoms with E-state index in [0.29, 0.717) is 17.5 Å². The number of hydrogen-bond acceptors (Lipinski definition) is 4. The van der Waals surface area contributed by atoms with Crippen molar-refractivity contribution in [2.45, 2.75) is 13.0 Å². The van der Waals surface area contributed by atoms with Crippen LogP contribution in [0.3, 0.4) is 0 Å². The van der Waals surface area contributed by atoms with Crippen molar-refractivity contribution in [2.75, 3.05) is 11.5 Å². The van der Waals surface area contributed by atoms with Crippen LogP contribution in [0, 0.1) is 6.92 Å². The van der Waals surface area contributed by atoms with Gasteiger partial charge in [0.15, 0.2) is 0 Å². The summed E-state index contributed by atoms with van der Waals surface area (Å²) >= 11 is 0. The van der Waals surface area contributed by atoms with Gasteiger partial charge in [0.2, 0.25) is 0 Å². The first-order chi connectivity index (χ1) is 6.24. The Kier molecular flexibility index (Phi) is 2.26. The van der Waals surface area contributed by atoms with Crippen molar-refractivity contribution < 1.29 is 8.95 Å². The molecule has 1 aliphatic heterocycles. The third-order valence-corrected chi connectivity index (χ3v) is 3.26. The molecule has 4 nitrogen and oxygen atoms in total. The largest absolute Gasteiger partial charge is 0.458 e. The molecule has 0 spiro atoms. The van der Waals surface area contributed by atoms with Gasteiger partial charge in [-0.1, -0.05) is 0 Å². The van der Waals surface area contributed by atoms with E-state index in [9.17, 15) is 4.21 Å². The zero-order chi connectivity index (χ0) is 9.26. The molecule has 1 aromatic heterocycles. The Morgan fingerprint density at radius 2 is 2.08 bits per heavy atom. The number of ether oxygens (including phenoxy) is 1. The molecule has 1 fully saturated rings. The van der Waals surface area contributed by atoms with Crippen molar-refractivity contribution in [1.82, 2.24) is 9.97 Å². The lowest BCUT2D eigenvalue weighted by Crippen LogP contribution is -2.41. The number of rotatable bonds is 2. The first kappa shape index (κ1) is 8.62. The second kappa shape index (κ2) is 3.41. The second-order valence-electron chi connectivity index (χ2n) is 3.06. The average Bonchev–Trinajstić information content (AvgIpc) is 2.06. The molecule has 1 aliphatic rings. The van der Waals surface area contributed by atoms with Gasteiger partial charge in [-0.3, -0.25) is 4.21 Å². The van der Waals surface area contributed by atoms with Gasteiger partial charge in [-0.2, -0.15) is 0 Å². The first-order valence-electron chi connectivity index (χ1n) is 4.04. The molecule has 0 bridgehead atoms. The Labute approximate surface area is 78.8 Å². The van der Waals surface area contributed by atoms with E-state index < -0.39 is 10.8 Å². The molecular weight excluding hydrogens is 188 g/mol. The van der Waals surface area contributed by atoms with Gasteiger partial charge < -0.3 is 4.74 Å². The molecule has 0 N–H and O–H groups in total. The zero-order valence-corrected chi connectivity index (χ0v) is 8.08. The topological polar surface area (TPSA) is 52.1 Å². The van der Waals surface area contributed by atoms with Crippen molar-refractivity contribution in [3.63, 3.8) is 0 Å². The van der Waals surface area contributed by atoms with Crippen LogP contribution in [0.1, 0.15) is 5.56 Å². The lowest BCUT2D eigenvalue weighted by molar-refractivity contribution is 0.216. The van der Waals surface area contributed by atoms with Gasteiger partial charge in [0.05, 0.1) is 11.5 Å². The maximum absolute atomic E-state index is 10.7. The minimum atomic E-state index is -0.681. The van der Waals surface area contributed by atoms with Gasteiger partial charge in [0.1, 0.15) is 6.10 Å². The van der Waals surface area contributed by atoms with E-state index in [1.165, 1.54) is 0 Å². The molecule has 0 atom stereocenters. The predicted octanol–water partition coefficient (Wildman–Crippen LogP) is 0.295. The van der Waals surface area contributed by atoms with Crippen LogP contribution in [0.25, 0.3) is 0 Å². The summed E-state index contributed by atoms with van der Waals surface area (Å²) in [5.74, 6) is 1.22. The molecule has 2 heterocycles. The normalized spacial score (nSPS) is 26.5. The van der Waals surface area contributed by atoms with Crippen LogP contribution < -0.4 is 4.74 Å². The molecule has 0 unspecified atom stereocenters. The monoisotopic (exact) mass is 198 g/mol. The fourth-order valence-electron chi connectivity index (χ4n) is 1.02. The molecule has 1 saturated heterocycles. The van der Waals surface area contributed by atoms with E-state index in [-0.39, 0.29) is 6.10 Å². The summed E-state index contributed by atoms with van der Waals surface area (Å²) in [6.45, 7) is 1.92. The van der Waals surface area contributed by atoms with E-state index >= 15 is 0 Å². The molecular formula is C8H10N2O2S. The quantitative estimate of drug-likeness (QED) is 0.685. The average molecular weight is 198 g/mol. The van der Waals surface area contributed by atoms with Crippen LogP contribution in [0.2, 0.25) is 0 Å². The van der Waals surface area contributed by atoms with Gasteiger partial charge in [-0.25, -0.2) is 9.97 Å². The molecule has 5 heteroatoms. The number of aryl methyl sites for hydroxylation is 1. The smallest absolute Gasteiger partial charge is 0.316 e. The molecule has 0 radical (unpaired) electrons. The van der Waals surface area contributed by atoms with Gasteiger partial charge in [-0.15, -0.1) is 0 Å². The van der Waals surface area contributed by atoms with E-state index in [2.05, 4.69) is 9.97 Å². The van der Waals surface area contributed by atoms with Crippen molar-refractivity contribution in [1.29, 1.82) is 0 Å². The summed E-state index contributed by atoms with van der Waals surface area (Å²) < 4.78 is 16.1. The molecule has 0 aromatic carbocycles. The first-order valence-corrected chi connectivity index (χ1v) is 5.53. The van der Waals surface area contributed by atoms with Gasteiger partial charge in [0, 0.05) is 23.2 Å². The van der Waals surface area contributed by atoms with Crippen LogP contribution in [-0.2, 0) is 10.8 Å². The third-order valence-electron chi connectivity index (χ3n) is 1.77. The zero-order valence-electron chi connectivity index (χ0n) is 7.27. The minimum Gasteiger partial charge on any atom is -0.458 e. The Morgan fingerprint density at radius 3 is 2.62 bits per heavy atom. The van der Waals surface area contributed by atoms with Crippen LogP contribution >= 0.6 is 0 Å². The van der Waals surface area contributed by atoms with Gasteiger partial charge >= 0.3 is 6.01 Å². The lowest BCUT2D eigenvalue weighted by Gasteiger charge is -2.24. The van der Waals surface area contributed by atoms with Crippen LogP contribution in [0.15, 0.2) is 12.4 Å². The highest BCUT2D eigenvalue weighted by Gasteiger charge is 2.27. The van der Waals surface area contributed by atoms with E-state index in [4.69, 9.17) is 4.74 Å². The highest BCUT2D eigenvalue weighted by Crippen LogP contribution is 2.12. The summed E-state index contributed by atoms with van der Waals surface area (Å²) in [7, 11) is -0.681. The summed E-state index contributed by atoms with van der Waals surface area (Å²) in [6, 6.07) is 0.382. The van der Waals surface area contributed by atoms with Crippen LogP contribution in [0.5, 0.6) is 6.01 Å². The molecule has 0 saturated carbocycles. The Balaban J connectivity index is 1.95. The number of nitrogens with zero attached hydrogens (tertiary/aromatic N) is 2. The molecule has 2 rings (SSSR count). The number of aromatic nitrogens is 2. The van der Waals surface area contributed by atoms with Crippen molar-refractivity contribution >= 4 is 10.8 Å². The van der Waals surface area contributed by atoms with E-state index in [1.807, 2.05) is 6.92 Å². The summed E-state index contributed by atoms with van der Waals surface area (Å²) in [4.78, 5) is 7.99. The molecule has 0 amide bonds. The standard InChI is InChI=1S/C8H10N2O2S/c1-6-2-9-8(10-3-6)12-7-4-13(11)5-7/h2-3,7H,4-5H2,1H3. The molecule has 1 aromatic rings. The van der Waals surface area contributed by atoms with Crippen molar-refractivity contribution in [3.8, 4) is 6.01 Å². The molecule has 70 valence electrons. The maximum Gasteiger partial charge on any atom is 0.316 e. The predicted molar refractivity (Wildman–Crippen MR) is 49.1 cm³/mol. The SMILES string of the molecule is Cc1cnc(OC2CS(=O)C2)nc1. The van der Waals surface area contributed by atoms with Crippen molar-refractivity contribution in [2.24, 2.45) is 0 Å². The Bertz CT molecular complexity index is 317. The Hall–Kier alpha value is -0.970. The van der Waals surface area contributed by atoms with Crippen LogP contribution in [-0.4, -0.2) is 31.8 Å². The maximum atomic E-state index is 10.7. The fourth-order valence-corrected chi connectivity index (χ4v) is 1.89. The van der Waals surface area contributed by atoms with Gasteiger partial charge in [-0.05, 0) is 12.5 Å². The molecule has 13 heavy (non-hydrogen) atoms. The minimum absolute atomic E-state index is 0.0449. The fraction of sp³-hybridized carbons (Fsp3) is 0.500. The summed E-state index contributed by atoms with van der Waals surface area (Å²) in [5.41, 5.74) is 1.00. The van der Waals surface area contributed by atoms with E-state index in [0.717, 1.165) is 5.56 Å². The highest BCUT2D eigenvalue weighted by molar-refractivity contribution is 7.86. The van der Waals surface area contributed by atoms with Gasteiger partial charge in [0.25, 0.3) is 0 Å². The van der Waals surface area contributed by atoms with Crippen LogP contribution in [0.4, 0.5) is 0 Å². The van der Waals surface area contributed by atoms with Crippen molar-refractivity contribution in [3.05, 3.63) is 18.0 Å².